The number of hydrogen-bond donors (Lipinski definition) is 0. The van der Waals surface area contributed by atoms with E-state index >= 15 is 0 Å². The number of ether oxygens (including phenoxy) is 1. The Hall–Kier alpha value is -2.53. The molecule has 1 aliphatic heterocycles. The molecule has 2 amide bonds. The highest BCUT2D eigenvalue weighted by Crippen LogP contribution is 2.33. The lowest BCUT2D eigenvalue weighted by Gasteiger charge is -2.12. The highest BCUT2D eigenvalue weighted by molar-refractivity contribution is 8.18. The summed E-state index contributed by atoms with van der Waals surface area (Å²) in [6, 6.07) is 15.2. The summed E-state index contributed by atoms with van der Waals surface area (Å²) in [5.74, 6) is 0.455. The Bertz CT molecular complexity index is 812. The van der Waals surface area contributed by atoms with Crippen LogP contribution < -0.4 is 4.74 Å². The van der Waals surface area contributed by atoms with Crippen LogP contribution in [0.25, 0.3) is 6.08 Å². The molecule has 0 aromatic heterocycles. The number of rotatable bonds is 4. The maximum absolute atomic E-state index is 12.5. The van der Waals surface area contributed by atoms with Crippen LogP contribution in [0.5, 0.6) is 5.75 Å². The first-order valence-corrected chi connectivity index (χ1v) is 8.33. The molecule has 2 aromatic carbocycles. The van der Waals surface area contributed by atoms with Crippen molar-refractivity contribution in [3.05, 3.63) is 70.1 Å². The second-order valence-corrected chi connectivity index (χ2v) is 6.52. The molecule has 0 unspecified atom stereocenters. The molecule has 1 fully saturated rings. The fourth-order valence-electron chi connectivity index (χ4n) is 2.40. The van der Waals surface area contributed by atoms with Gasteiger partial charge in [-0.05, 0) is 48.0 Å². The quantitative estimate of drug-likeness (QED) is 0.782. The maximum Gasteiger partial charge on any atom is 0.293 e. The molecule has 0 bridgehead atoms. The molecule has 0 spiro atoms. The van der Waals surface area contributed by atoms with Gasteiger partial charge in [-0.25, -0.2) is 0 Å². The van der Waals surface area contributed by atoms with Gasteiger partial charge in [-0.3, -0.25) is 14.5 Å². The van der Waals surface area contributed by atoms with E-state index in [4.69, 9.17) is 4.74 Å². The number of methoxy groups -OCH3 is 1. The van der Waals surface area contributed by atoms with Gasteiger partial charge < -0.3 is 4.74 Å². The van der Waals surface area contributed by atoms with Gasteiger partial charge in [0, 0.05) is 0 Å². The maximum atomic E-state index is 12.5. The van der Waals surface area contributed by atoms with E-state index in [1.54, 1.807) is 13.2 Å². The zero-order chi connectivity index (χ0) is 17.1. The number of amides is 2. The highest BCUT2D eigenvalue weighted by atomic mass is 32.2. The van der Waals surface area contributed by atoms with Crippen molar-refractivity contribution in [1.82, 2.24) is 4.90 Å². The summed E-state index contributed by atoms with van der Waals surface area (Å²) in [6.07, 6.45) is 1.72. The van der Waals surface area contributed by atoms with Crippen molar-refractivity contribution in [3.8, 4) is 5.75 Å². The van der Waals surface area contributed by atoms with Gasteiger partial charge in [-0.1, -0.05) is 42.0 Å². The summed E-state index contributed by atoms with van der Waals surface area (Å²) in [4.78, 5) is 26.4. The molecule has 0 aliphatic carbocycles. The van der Waals surface area contributed by atoms with Gasteiger partial charge in [-0.15, -0.1) is 0 Å². The second kappa shape index (κ2) is 6.93. The molecule has 5 heteroatoms. The van der Waals surface area contributed by atoms with Crippen LogP contribution >= 0.6 is 11.8 Å². The zero-order valence-corrected chi connectivity index (χ0v) is 14.3. The summed E-state index contributed by atoms with van der Waals surface area (Å²) >= 11 is 0.970. The molecule has 1 heterocycles. The third-order valence-electron chi connectivity index (χ3n) is 3.73. The van der Waals surface area contributed by atoms with E-state index in [1.807, 2.05) is 55.5 Å². The number of imide groups is 1. The van der Waals surface area contributed by atoms with Crippen LogP contribution in [0.2, 0.25) is 0 Å². The Labute approximate surface area is 145 Å². The lowest BCUT2D eigenvalue weighted by molar-refractivity contribution is -0.123. The number of nitrogens with zero attached hydrogens (tertiary/aromatic N) is 1. The Kier molecular flexibility index (Phi) is 4.71. The zero-order valence-electron chi connectivity index (χ0n) is 13.5. The molecule has 3 rings (SSSR count). The van der Waals surface area contributed by atoms with E-state index in [2.05, 4.69) is 0 Å². The van der Waals surface area contributed by atoms with Gasteiger partial charge in [0.25, 0.3) is 11.1 Å². The predicted octanol–water partition coefficient (Wildman–Crippen LogP) is 4.24. The van der Waals surface area contributed by atoms with Crippen LogP contribution in [0.15, 0.2) is 53.4 Å². The average molecular weight is 339 g/mol. The molecular weight excluding hydrogens is 322 g/mol. The Morgan fingerprint density at radius 1 is 1.12 bits per heavy atom. The van der Waals surface area contributed by atoms with E-state index < -0.39 is 0 Å². The molecule has 2 aromatic rings. The van der Waals surface area contributed by atoms with Crippen molar-refractivity contribution in [2.24, 2.45) is 0 Å². The van der Waals surface area contributed by atoms with Gasteiger partial charge in [0.15, 0.2) is 0 Å². The van der Waals surface area contributed by atoms with Crippen molar-refractivity contribution in [2.75, 3.05) is 7.11 Å². The molecule has 0 radical (unpaired) electrons. The topological polar surface area (TPSA) is 46.6 Å². The van der Waals surface area contributed by atoms with Gasteiger partial charge in [-0.2, -0.15) is 0 Å². The van der Waals surface area contributed by atoms with Crippen LogP contribution in [0.1, 0.15) is 16.7 Å². The van der Waals surface area contributed by atoms with Crippen LogP contribution in [0, 0.1) is 6.92 Å². The molecule has 0 atom stereocenters. The molecule has 1 aliphatic rings. The molecule has 24 heavy (non-hydrogen) atoms. The Morgan fingerprint density at radius 2 is 1.88 bits per heavy atom. The lowest BCUT2D eigenvalue weighted by atomic mass is 10.1. The lowest BCUT2D eigenvalue weighted by Crippen LogP contribution is -2.27. The van der Waals surface area contributed by atoms with Crippen LogP contribution in [-0.4, -0.2) is 23.2 Å². The molecule has 1 saturated heterocycles. The minimum atomic E-state index is -0.256. The molecular formula is C19H17NO3S. The third kappa shape index (κ3) is 3.51. The number of thioether (sulfide) groups is 1. The smallest absolute Gasteiger partial charge is 0.293 e. The molecule has 4 nitrogen and oxygen atoms in total. The van der Waals surface area contributed by atoms with E-state index in [1.165, 1.54) is 4.90 Å². The summed E-state index contributed by atoms with van der Waals surface area (Å²) in [5, 5.41) is -0.241. The number of carbonyl (C=O) groups is 2. The number of aryl methyl sites for hydroxylation is 1. The van der Waals surface area contributed by atoms with Crippen molar-refractivity contribution in [3.63, 3.8) is 0 Å². The summed E-state index contributed by atoms with van der Waals surface area (Å²) < 4.78 is 5.18. The molecule has 122 valence electrons. The van der Waals surface area contributed by atoms with E-state index in [0.717, 1.165) is 28.5 Å². The van der Waals surface area contributed by atoms with Crippen LogP contribution in [0.4, 0.5) is 4.79 Å². The van der Waals surface area contributed by atoms with Crippen molar-refractivity contribution < 1.29 is 14.3 Å². The molecule has 0 N–H and O–H groups in total. The van der Waals surface area contributed by atoms with E-state index in [-0.39, 0.29) is 11.1 Å². The summed E-state index contributed by atoms with van der Waals surface area (Å²) in [5.41, 5.74) is 2.91. The fraction of sp³-hybridized carbons (Fsp3) is 0.158. The number of benzene rings is 2. The highest BCUT2D eigenvalue weighted by Gasteiger charge is 2.34. The van der Waals surface area contributed by atoms with Crippen molar-refractivity contribution >= 4 is 29.0 Å². The van der Waals surface area contributed by atoms with Gasteiger partial charge in [0.05, 0.1) is 18.6 Å². The SMILES string of the molecule is COc1cccc(/C=C2\SC(=O)N(Cc3ccc(C)cc3)C2=O)c1. The van der Waals surface area contributed by atoms with E-state index in [9.17, 15) is 9.59 Å². The first-order valence-electron chi connectivity index (χ1n) is 7.52. The number of hydrogen-bond acceptors (Lipinski definition) is 4. The molecule has 0 saturated carbocycles. The predicted molar refractivity (Wildman–Crippen MR) is 95.7 cm³/mol. The van der Waals surface area contributed by atoms with Gasteiger partial charge >= 0.3 is 0 Å². The summed E-state index contributed by atoms with van der Waals surface area (Å²) in [7, 11) is 1.59. The largest absolute Gasteiger partial charge is 0.497 e. The van der Waals surface area contributed by atoms with Gasteiger partial charge in [0.1, 0.15) is 5.75 Å². The van der Waals surface area contributed by atoms with E-state index in [0.29, 0.717) is 17.2 Å². The Morgan fingerprint density at radius 3 is 2.58 bits per heavy atom. The van der Waals surface area contributed by atoms with Crippen molar-refractivity contribution in [2.45, 2.75) is 13.5 Å². The first kappa shape index (κ1) is 16.3. The second-order valence-electron chi connectivity index (χ2n) is 5.53. The first-order chi connectivity index (χ1) is 11.6. The fourth-order valence-corrected chi connectivity index (χ4v) is 3.23. The standard InChI is InChI=1S/C19H17NO3S/c1-13-6-8-14(9-7-13)12-20-18(21)17(24-19(20)22)11-15-4-3-5-16(10-15)23-2/h3-11H,12H2,1-2H3/b17-11-. The van der Waals surface area contributed by atoms with Gasteiger partial charge in [0.2, 0.25) is 0 Å². The van der Waals surface area contributed by atoms with Crippen LogP contribution in [0.3, 0.4) is 0 Å². The minimum absolute atomic E-state index is 0.241. The minimum Gasteiger partial charge on any atom is -0.497 e. The van der Waals surface area contributed by atoms with Crippen molar-refractivity contribution in [1.29, 1.82) is 0 Å². The monoisotopic (exact) mass is 339 g/mol. The average Bonchev–Trinajstić information content (AvgIpc) is 2.84. The normalized spacial score (nSPS) is 16.1. The third-order valence-corrected chi connectivity index (χ3v) is 4.63. The Balaban J connectivity index is 1.80. The summed E-state index contributed by atoms with van der Waals surface area (Å²) in [6.45, 7) is 2.29. The van der Waals surface area contributed by atoms with Crippen LogP contribution in [-0.2, 0) is 11.3 Å². The number of carbonyl (C=O) groups excluding carboxylic acids is 2.